The maximum absolute atomic E-state index is 7.35. The van der Waals surface area contributed by atoms with Gasteiger partial charge in [0.05, 0.1) is 17.1 Å². The number of pyridine rings is 2. The van der Waals surface area contributed by atoms with Crippen molar-refractivity contribution in [1.29, 1.82) is 0 Å². The van der Waals surface area contributed by atoms with Crippen LogP contribution in [0.3, 0.4) is 0 Å². The molecular weight excluding hydrogens is 785 g/mol. The Balaban J connectivity index is 1.16. The number of anilines is 3. The third-order valence-electron chi connectivity index (χ3n) is 14.8. The fourth-order valence-electron chi connectivity index (χ4n) is 10.6. The molecule has 6 aromatic rings. The Labute approximate surface area is 382 Å². The number of rotatable bonds is 5. The highest BCUT2D eigenvalue weighted by atomic mass is 16.5. The maximum atomic E-state index is 7.35. The van der Waals surface area contributed by atoms with Crippen LogP contribution in [-0.2, 0) is 37.4 Å². The summed E-state index contributed by atoms with van der Waals surface area (Å²) in [6, 6.07) is 34.8. The Morgan fingerprint density at radius 2 is 1.27 bits per heavy atom. The van der Waals surface area contributed by atoms with Crippen LogP contribution in [0.5, 0.6) is 11.5 Å². The zero-order valence-electron chi connectivity index (χ0n) is 41.0. The van der Waals surface area contributed by atoms with Gasteiger partial charge in [0.1, 0.15) is 22.9 Å². The lowest BCUT2D eigenvalue weighted by Crippen LogP contribution is -2.49. The Hall–Kier alpha value is -5.75. The van der Waals surface area contributed by atoms with Gasteiger partial charge in [0.25, 0.3) is 0 Å². The molecule has 0 unspecified atom stereocenters. The number of aryl methyl sites for hydroxylation is 1. The summed E-state index contributed by atoms with van der Waals surface area (Å²) in [7, 11) is 0. The lowest BCUT2D eigenvalue weighted by atomic mass is 9.67. The molecule has 0 amide bonds. The standard InChI is InChI=1S/C58H66N4O2/c1-35-26-40(62-48-23-22-38(52(2,3)4)31-44(48)55(11,12)43-20-19-25-60-50(43)62)34-41(27-35)63-42-29-36(47-21-17-18-24-59-47)28-37(30-42)51-61-58(16)56(13,14)49-45(54(8,9)10)32-39(53(5,6)7)33-46(49)57(58,15)64-51/h17-34H,1-16H3/t57-,58+/m0/s1. The molecule has 6 heteroatoms. The van der Waals surface area contributed by atoms with Crippen LogP contribution in [-0.4, -0.2) is 21.4 Å². The van der Waals surface area contributed by atoms with Crippen molar-refractivity contribution in [3.63, 3.8) is 0 Å². The van der Waals surface area contributed by atoms with Gasteiger partial charge >= 0.3 is 0 Å². The summed E-state index contributed by atoms with van der Waals surface area (Å²) in [5.74, 6) is 2.93. The molecule has 6 nitrogen and oxygen atoms in total. The van der Waals surface area contributed by atoms with Crippen LogP contribution in [0.15, 0.2) is 114 Å². The predicted molar refractivity (Wildman–Crippen MR) is 264 cm³/mol. The Morgan fingerprint density at radius 3 is 1.94 bits per heavy atom. The van der Waals surface area contributed by atoms with Crippen LogP contribution in [0.1, 0.15) is 154 Å². The molecule has 0 radical (unpaired) electrons. The van der Waals surface area contributed by atoms with E-state index in [0.717, 1.165) is 45.3 Å². The number of aliphatic imine (C=N–C) groups is 1. The van der Waals surface area contributed by atoms with Crippen molar-refractivity contribution >= 4 is 23.1 Å². The molecule has 4 heterocycles. The van der Waals surface area contributed by atoms with Crippen molar-refractivity contribution in [3.05, 3.63) is 160 Å². The molecule has 3 aliphatic rings. The average molecular weight is 851 g/mol. The van der Waals surface area contributed by atoms with E-state index in [0.29, 0.717) is 11.6 Å². The number of hydrogen-bond acceptors (Lipinski definition) is 6. The lowest BCUT2D eigenvalue weighted by Gasteiger charge is -2.41. The molecular formula is C58H66N4O2. The van der Waals surface area contributed by atoms with Gasteiger partial charge < -0.3 is 9.47 Å². The second kappa shape index (κ2) is 14.1. The summed E-state index contributed by atoms with van der Waals surface area (Å²) in [4.78, 5) is 17.8. The SMILES string of the molecule is Cc1cc(Oc2cc(C3=N[C@]4(C)C(C)(C)c5c(C(C)(C)C)cc(C(C)(C)C)cc5[C@]4(C)O3)cc(-c3ccccn3)c2)cc(N2c3ccc(C(C)(C)C)cc3C(C)(C)c3cccnc32)c1. The van der Waals surface area contributed by atoms with Crippen LogP contribution in [0.25, 0.3) is 11.3 Å². The van der Waals surface area contributed by atoms with Crippen LogP contribution < -0.4 is 9.64 Å². The van der Waals surface area contributed by atoms with Gasteiger partial charge in [-0.05, 0) is 125 Å². The molecule has 1 aliphatic carbocycles. The van der Waals surface area contributed by atoms with Crippen LogP contribution in [0.4, 0.5) is 17.2 Å². The molecule has 0 saturated carbocycles. The van der Waals surface area contributed by atoms with Gasteiger partial charge in [-0.3, -0.25) is 9.88 Å². The van der Waals surface area contributed by atoms with Gasteiger partial charge in [0.2, 0.25) is 5.90 Å². The van der Waals surface area contributed by atoms with Gasteiger partial charge in [-0.1, -0.05) is 126 Å². The summed E-state index contributed by atoms with van der Waals surface area (Å²) in [5, 5.41) is 0. The summed E-state index contributed by atoms with van der Waals surface area (Å²) in [6.45, 7) is 36.7. The molecule has 2 atom stereocenters. The van der Waals surface area contributed by atoms with E-state index < -0.39 is 11.1 Å². The second-order valence-corrected chi connectivity index (χ2v) is 23.1. The first-order valence-electron chi connectivity index (χ1n) is 23.0. The normalized spacial score (nSPS) is 20.8. The summed E-state index contributed by atoms with van der Waals surface area (Å²) in [5.41, 5.74) is 12.8. The number of ether oxygens (including phenoxy) is 2. The quantitative estimate of drug-likeness (QED) is 0.173. The first-order valence-corrected chi connectivity index (χ1v) is 23.0. The summed E-state index contributed by atoms with van der Waals surface area (Å²) in [6.07, 6.45) is 3.72. The van der Waals surface area contributed by atoms with Crippen molar-refractivity contribution in [2.45, 2.75) is 149 Å². The zero-order valence-corrected chi connectivity index (χ0v) is 41.0. The highest BCUT2D eigenvalue weighted by Crippen LogP contribution is 2.64. The Bertz CT molecular complexity index is 2890. The van der Waals surface area contributed by atoms with Gasteiger partial charge in [-0.15, -0.1) is 0 Å². The fourth-order valence-corrected chi connectivity index (χ4v) is 10.6. The minimum atomic E-state index is -0.715. The molecule has 0 spiro atoms. The van der Waals surface area contributed by atoms with E-state index in [1.54, 1.807) is 0 Å². The number of fused-ring (bicyclic) bond motifs is 5. The largest absolute Gasteiger partial charge is 0.464 e. The van der Waals surface area contributed by atoms with Crippen molar-refractivity contribution in [2.75, 3.05) is 4.90 Å². The average Bonchev–Trinajstić information content (AvgIpc) is 3.57. The molecule has 4 aromatic carbocycles. The van der Waals surface area contributed by atoms with Crippen LogP contribution in [0, 0.1) is 6.92 Å². The van der Waals surface area contributed by atoms with Crippen LogP contribution in [0.2, 0.25) is 0 Å². The summed E-state index contributed by atoms with van der Waals surface area (Å²) < 4.78 is 14.3. The first-order chi connectivity index (χ1) is 29.7. The van der Waals surface area contributed by atoms with Crippen molar-refractivity contribution < 1.29 is 9.47 Å². The first kappa shape index (κ1) is 43.5. The van der Waals surface area contributed by atoms with Crippen LogP contribution >= 0.6 is 0 Å². The Morgan fingerprint density at radius 1 is 0.594 bits per heavy atom. The zero-order chi connectivity index (χ0) is 46.2. The molecule has 330 valence electrons. The molecule has 2 aliphatic heterocycles. The molecule has 0 fully saturated rings. The van der Waals surface area contributed by atoms with Gasteiger partial charge in [-0.25, -0.2) is 9.98 Å². The summed E-state index contributed by atoms with van der Waals surface area (Å²) >= 11 is 0. The molecule has 0 N–H and O–H groups in total. The van der Waals surface area contributed by atoms with E-state index in [-0.39, 0.29) is 27.1 Å². The van der Waals surface area contributed by atoms with Crippen molar-refractivity contribution in [2.24, 2.45) is 4.99 Å². The monoisotopic (exact) mass is 851 g/mol. The smallest absolute Gasteiger partial charge is 0.217 e. The van der Waals surface area contributed by atoms with Gasteiger partial charge in [-0.2, -0.15) is 0 Å². The van der Waals surface area contributed by atoms with Crippen molar-refractivity contribution in [3.8, 4) is 22.8 Å². The molecule has 0 saturated heterocycles. The van der Waals surface area contributed by atoms with Gasteiger partial charge in [0, 0.05) is 51.5 Å². The minimum Gasteiger partial charge on any atom is -0.464 e. The third-order valence-corrected chi connectivity index (χ3v) is 14.8. The number of aromatic nitrogens is 2. The topological polar surface area (TPSA) is 59.8 Å². The minimum absolute atomic E-state index is 0.00769. The predicted octanol–water partition coefficient (Wildman–Crippen LogP) is 15.0. The van der Waals surface area contributed by atoms with E-state index in [2.05, 4.69) is 188 Å². The fraction of sp³-hybridized carbons (Fsp3) is 0.397. The molecule has 0 bridgehead atoms. The van der Waals surface area contributed by atoms with E-state index >= 15 is 0 Å². The highest BCUT2D eigenvalue weighted by Gasteiger charge is 2.68. The van der Waals surface area contributed by atoms with E-state index in [1.165, 1.54) is 38.9 Å². The van der Waals surface area contributed by atoms with Crippen molar-refractivity contribution in [1.82, 2.24) is 9.97 Å². The third kappa shape index (κ3) is 6.69. The van der Waals surface area contributed by atoms with E-state index in [9.17, 15) is 0 Å². The molecule has 64 heavy (non-hydrogen) atoms. The maximum Gasteiger partial charge on any atom is 0.217 e. The Kier molecular flexibility index (Phi) is 9.60. The van der Waals surface area contributed by atoms with E-state index in [4.69, 9.17) is 24.4 Å². The van der Waals surface area contributed by atoms with Gasteiger partial charge in [0.15, 0.2) is 5.60 Å². The molecule has 2 aromatic heterocycles. The number of hydrogen-bond donors (Lipinski definition) is 0. The lowest BCUT2D eigenvalue weighted by molar-refractivity contribution is 0.0190. The highest BCUT2D eigenvalue weighted by molar-refractivity contribution is 5.98. The number of benzene rings is 4. The second-order valence-electron chi connectivity index (χ2n) is 23.1. The van der Waals surface area contributed by atoms with E-state index in [1.807, 2.05) is 36.7 Å². The number of nitrogens with zero attached hydrogens (tertiary/aromatic N) is 4. The molecule has 9 rings (SSSR count).